The number of hydrogen-bond acceptors (Lipinski definition) is 1. The Morgan fingerprint density at radius 3 is 2.74 bits per heavy atom. The van der Waals surface area contributed by atoms with Gasteiger partial charge in [0.15, 0.2) is 0 Å². The predicted molar refractivity (Wildman–Crippen MR) is 113 cm³/mol. The molecule has 1 aliphatic rings. The molecular weight excluding hydrogens is 356 g/mol. The summed E-state index contributed by atoms with van der Waals surface area (Å²) in [5.74, 6) is 0.0489. The number of aromatic nitrogens is 1. The first kappa shape index (κ1) is 17.6. The van der Waals surface area contributed by atoms with Crippen LogP contribution in [0.1, 0.15) is 23.1 Å². The van der Waals surface area contributed by atoms with Crippen LogP contribution in [0.15, 0.2) is 60.8 Å². The van der Waals surface area contributed by atoms with E-state index in [0.717, 1.165) is 34.5 Å². The molecule has 0 unspecified atom stereocenters. The largest absolute Gasteiger partial charge is 0.361 e. The maximum absolute atomic E-state index is 12.5. The molecule has 4 heteroatoms. The highest BCUT2D eigenvalue weighted by Crippen LogP contribution is 2.30. The van der Waals surface area contributed by atoms with Gasteiger partial charge in [-0.05, 0) is 48.8 Å². The summed E-state index contributed by atoms with van der Waals surface area (Å²) in [6, 6.07) is 14.0. The van der Waals surface area contributed by atoms with Crippen LogP contribution >= 0.6 is 11.6 Å². The number of nitrogens with zero attached hydrogens (tertiary/aromatic N) is 1. The molecule has 0 bridgehead atoms. The van der Waals surface area contributed by atoms with Gasteiger partial charge >= 0.3 is 0 Å². The standard InChI is InChI=1S/C23H21ClN2O/c1-16-2-4-17(5-3-16)6-9-23(27)26-12-10-18(11-13-26)21-15-25-22-8-7-19(24)14-20(21)22/h2-10,14-15,25H,11-13H2,1H3/b9-6+. The fraction of sp³-hybridized carbons (Fsp3) is 0.174. The third-order valence-electron chi connectivity index (χ3n) is 5.01. The van der Waals surface area contributed by atoms with Crippen molar-refractivity contribution >= 4 is 40.1 Å². The lowest BCUT2D eigenvalue weighted by molar-refractivity contribution is -0.125. The van der Waals surface area contributed by atoms with Crippen molar-refractivity contribution in [1.82, 2.24) is 9.88 Å². The highest BCUT2D eigenvalue weighted by Gasteiger charge is 2.18. The van der Waals surface area contributed by atoms with Gasteiger partial charge in [-0.2, -0.15) is 0 Å². The Bertz CT molecular complexity index is 1040. The van der Waals surface area contributed by atoms with E-state index in [2.05, 4.69) is 18.0 Å². The minimum absolute atomic E-state index is 0.0489. The first-order valence-corrected chi connectivity index (χ1v) is 9.48. The van der Waals surface area contributed by atoms with Crippen LogP contribution in [0, 0.1) is 6.92 Å². The molecule has 2 heterocycles. The normalized spacial score (nSPS) is 14.7. The molecule has 0 saturated carbocycles. The third kappa shape index (κ3) is 3.83. The van der Waals surface area contributed by atoms with Crippen molar-refractivity contribution in [3.8, 4) is 0 Å². The van der Waals surface area contributed by atoms with Crippen LogP contribution in [0.5, 0.6) is 0 Å². The number of halogens is 1. The lowest BCUT2D eigenvalue weighted by Crippen LogP contribution is -2.33. The first-order valence-electron chi connectivity index (χ1n) is 9.10. The van der Waals surface area contributed by atoms with Crippen molar-refractivity contribution in [1.29, 1.82) is 0 Å². The smallest absolute Gasteiger partial charge is 0.246 e. The highest BCUT2D eigenvalue weighted by atomic mass is 35.5. The molecule has 0 saturated heterocycles. The maximum Gasteiger partial charge on any atom is 0.246 e. The van der Waals surface area contributed by atoms with Crippen LogP contribution in [0.3, 0.4) is 0 Å². The summed E-state index contributed by atoms with van der Waals surface area (Å²) in [5.41, 5.74) is 5.77. The van der Waals surface area contributed by atoms with Crippen LogP contribution in [-0.2, 0) is 4.79 Å². The molecule has 0 atom stereocenters. The Labute approximate surface area is 164 Å². The summed E-state index contributed by atoms with van der Waals surface area (Å²) in [7, 11) is 0. The minimum Gasteiger partial charge on any atom is -0.361 e. The molecule has 3 nitrogen and oxygen atoms in total. The van der Waals surface area contributed by atoms with Crippen LogP contribution in [0.2, 0.25) is 5.02 Å². The zero-order valence-electron chi connectivity index (χ0n) is 15.2. The van der Waals surface area contributed by atoms with Gasteiger partial charge in [0, 0.05) is 46.9 Å². The fourth-order valence-corrected chi connectivity index (χ4v) is 3.60. The van der Waals surface area contributed by atoms with Gasteiger partial charge < -0.3 is 9.88 Å². The Hall–Kier alpha value is -2.78. The van der Waals surface area contributed by atoms with Gasteiger partial charge in [0.05, 0.1) is 0 Å². The molecule has 2 aromatic carbocycles. The van der Waals surface area contributed by atoms with Crippen LogP contribution < -0.4 is 0 Å². The van der Waals surface area contributed by atoms with E-state index < -0.39 is 0 Å². The summed E-state index contributed by atoms with van der Waals surface area (Å²) >= 11 is 6.15. The Morgan fingerprint density at radius 1 is 1.19 bits per heavy atom. The SMILES string of the molecule is Cc1ccc(/C=C/C(=O)N2CC=C(c3c[nH]c4ccc(Cl)cc34)CC2)cc1. The van der Waals surface area contributed by atoms with Crippen molar-refractivity contribution in [2.75, 3.05) is 13.1 Å². The molecule has 0 fully saturated rings. The van der Waals surface area contributed by atoms with Gasteiger partial charge in [-0.15, -0.1) is 0 Å². The van der Waals surface area contributed by atoms with E-state index in [0.29, 0.717) is 6.54 Å². The molecule has 27 heavy (non-hydrogen) atoms. The van der Waals surface area contributed by atoms with Crippen molar-refractivity contribution in [2.24, 2.45) is 0 Å². The van der Waals surface area contributed by atoms with Crippen molar-refractivity contribution < 1.29 is 4.79 Å². The van der Waals surface area contributed by atoms with E-state index in [1.165, 1.54) is 16.7 Å². The number of nitrogens with one attached hydrogen (secondary N) is 1. The van der Waals surface area contributed by atoms with Crippen LogP contribution in [0.25, 0.3) is 22.6 Å². The third-order valence-corrected chi connectivity index (χ3v) is 5.24. The number of H-pyrrole nitrogens is 1. The molecule has 3 aromatic rings. The van der Waals surface area contributed by atoms with Gasteiger partial charge in [0.25, 0.3) is 0 Å². The number of fused-ring (bicyclic) bond motifs is 1. The summed E-state index contributed by atoms with van der Waals surface area (Å²) in [6.07, 6.45) is 8.55. The lowest BCUT2D eigenvalue weighted by atomic mass is 9.99. The molecule has 1 aliphatic heterocycles. The first-order chi connectivity index (χ1) is 13.1. The zero-order valence-corrected chi connectivity index (χ0v) is 16.0. The maximum atomic E-state index is 12.5. The average Bonchev–Trinajstić information content (AvgIpc) is 3.10. The number of carbonyl (C=O) groups excluding carboxylic acids is 1. The van der Waals surface area contributed by atoms with Crippen molar-refractivity contribution in [3.05, 3.63) is 82.5 Å². The lowest BCUT2D eigenvalue weighted by Gasteiger charge is -2.25. The minimum atomic E-state index is 0.0489. The number of carbonyl (C=O) groups is 1. The second kappa shape index (κ2) is 7.45. The van der Waals surface area contributed by atoms with Crippen LogP contribution in [0.4, 0.5) is 0 Å². The van der Waals surface area contributed by atoms with Gasteiger partial charge in [-0.25, -0.2) is 0 Å². The number of aryl methyl sites for hydroxylation is 1. The molecule has 0 radical (unpaired) electrons. The van der Waals surface area contributed by atoms with Gasteiger partial charge in [0.1, 0.15) is 0 Å². The zero-order chi connectivity index (χ0) is 18.8. The summed E-state index contributed by atoms with van der Waals surface area (Å²) in [4.78, 5) is 17.6. The number of aromatic amines is 1. The molecule has 0 spiro atoms. The Balaban J connectivity index is 1.46. The molecule has 1 aromatic heterocycles. The van der Waals surface area contributed by atoms with Gasteiger partial charge in [-0.1, -0.05) is 47.5 Å². The topological polar surface area (TPSA) is 36.1 Å². The van der Waals surface area contributed by atoms with E-state index >= 15 is 0 Å². The number of hydrogen-bond donors (Lipinski definition) is 1. The van der Waals surface area contributed by atoms with Gasteiger partial charge in [-0.3, -0.25) is 4.79 Å². The monoisotopic (exact) mass is 376 g/mol. The van der Waals surface area contributed by atoms with Crippen molar-refractivity contribution in [2.45, 2.75) is 13.3 Å². The second-order valence-electron chi connectivity index (χ2n) is 6.90. The summed E-state index contributed by atoms with van der Waals surface area (Å²) in [5, 5.41) is 1.87. The van der Waals surface area contributed by atoms with E-state index in [-0.39, 0.29) is 5.91 Å². The number of benzene rings is 2. The van der Waals surface area contributed by atoms with E-state index in [1.54, 1.807) is 6.08 Å². The van der Waals surface area contributed by atoms with Gasteiger partial charge in [0.2, 0.25) is 5.91 Å². The summed E-state index contributed by atoms with van der Waals surface area (Å²) < 4.78 is 0. The Kier molecular flexibility index (Phi) is 4.87. The number of rotatable bonds is 3. The summed E-state index contributed by atoms with van der Waals surface area (Å²) in [6.45, 7) is 3.40. The van der Waals surface area contributed by atoms with E-state index in [4.69, 9.17) is 11.6 Å². The fourth-order valence-electron chi connectivity index (χ4n) is 3.42. The molecular formula is C23H21ClN2O. The average molecular weight is 377 g/mol. The Morgan fingerprint density at radius 2 is 2.00 bits per heavy atom. The van der Waals surface area contributed by atoms with E-state index in [1.807, 2.05) is 59.6 Å². The number of amides is 1. The molecule has 1 N–H and O–H groups in total. The quantitative estimate of drug-likeness (QED) is 0.605. The van der Waals surface area contributed by atoms with E-state index in [9.17, 15) is 4.79 Å². The molecule has 0 aliphatic carbocycles. The highest BCUT2D eigenvalue weighted by molar-refractivity contribution is 6.31. The second-order valence-corrected chi connectivity index (χ2v) is 7.34. The molecule has 4 rings (SSSR count). The molecule has 1 amide bonds. The van der Waals surface area contributed by atoms with Crippen molar-refractivity contribution in [3.63, 3.8) is 0 Å². The predicted octanol–water partition coefficient (Wildman–Crippen LogP) is 5.46. The molecule has 136 valence electrons. The van der Waals surface area contributed by atoms with Crippen LogP contribution in [-0.4, -0.2) is 28.9 Å².